The molecule has 1 saturated heterocycles. The number of ether oxygens (including phenoxy) is 1. The second-order valence-electron chi connectivity index (χ2n) is 5.41. The fourth-order valence-electron chi connectivity index (χ4n) is 2.79. The molecule has 1 fully saturated rings. The van der Waals surface area contributed by atoms with E-state index >= 15 is 0 Å². The Morgan fingerprint density at radius 3 is 3.35 bits per heavy atom. The number of aromatic nitrogens is 2. The number of nitrogens with one attached hydrogen (secondary N) is 2. The van der Waals surface area contributed by atoms with Gasteiger partial charge in [0.1, 0.15) is 5.65 Å². The van der Waals surface area contributed by atoms with E-state index in [0.717, 1.165) is 29.6 Å². The zero-order valence-corrected chi connectivity index (χ0v) is 13.3. The molecule has 6 nitrogen and oxygen atoms in total. The maximum Gasteiger partial charge on any atom is 0.410 e. The molecule has 3 heterocycles. The van der Waals surface area contributed by atoms with Crippen LogP contribution in [0.3, 0.4) is 0 Å². The molecule has 7 heteroatoms. The Labute approximate surface area is 139 Å². The number of halogens is 1. The highest BCUT2D eigenvalue weighted by molar-refractivity contribution is 6.34. The average Bonchev–Trinajstić information content (AvgIpc) is 3.04. The van der Waals surface area contributed by atoms with Gasteiger partial charge in [-0.05, 0) is 18.9 Å². The SMILES string of the molecule is C#CCOC(=O)N1CCCC(Nc2c(Cl)cnc3[nH]ccc23)C1. The molecule has 0 aromatic carbocycles. The number of nitrogens with zero attached hydrogens (tertiary/aromatic N) is 2. The lowest BCUT2D eigenvalue weighted by Crippen LogP contribution is -2.45. The summed E-state index contributed by atoms with van der Waals surface area (Å²) in [4.78, 5) is 20.9. The van der Waals surface area contributed by atoms with E-state index < -0.39 is 0 Å². The summed E-state index contributed by atoms with van der Waals surface area (Å²) in [7, 11) is 0. The van der Waals surface area contributed by atoms with Crippen molar-refractivity contribution in [2.45, 2.75) is 18.9 Å². The minimum absolute atomic E-state index is 0.00637. The molecule has 0 spiro atoms. The Kier molecular flexibility index (Phi) is 4.58. The number of hydrogen-bond acceptors (Lipinski definition) is 4. The summed E-state index contributed by atoms with van der Waals surface area (Å²) < 4.78 is 4.99. The summed E-state index contributed by atoms with van der Waals surface area (Å²) in [6.07, 6.45) is 10.0. The van der Waals surface area contributed by atoms with Gasteiger partial charge in [-0.1, -0.05) is 17.5 Å². The minimum atomic E-state index is -0.373. The third-order valence-corrected chi connectivity index (χ3v) is 4.13. The number of terminal acetylenes is 1. The van der Waals surface area contributed by atoms with Gasteiger partial charge in [-0.25, -0.2) is 9.78 Å². The highest BCUT2D eigenvalue weighted by atomic mass is 35.5. The van der Waals surface area contributed by atoms with Gasteiger partial charge in [-0.15, -0.1) is 6.42 Å². The summed E-state index contributed by atoms with van der Waals surface area (Å²) in [6.45, 7) is 1.22. The van der Waals surface area contributed by atoms with Crippen molar-refractivity contribution < 1.29 is 9.53 Å². The Balaban J connectivity index is 1.72. The first kappa shape index (κ1) is 15.5. The molecule has 1 atom stereocenters. The summed E-state index contributed by atoms with van der Waals surface area (Å²) in [5.74, 6) is 2.30. The van der Waals surface area contributed by atoms with Crippen LogP contribution in [-0.4, -0.2) is 46.7 Å². The van der Waals surface area contributed by atoms with E-state index in [1.165, 1.54) is 0 Å². The topological polar surface area (TPSA) is 70.2 Å². The number of likely N-dealkylation sites (tertiary alicyclic amines) is 1. The Morgan fingerprint density at radius 2 is 2.52 bits per heavy atom. The largest absolute Gasteiger partial charge is 0.436 e. The monoisotopic (exact) mass is 332 g/mol. The van der Waals surface area contributed by atoms with E-state index in [9.17, 15) is 4.79 Å². The zero-order valence-electron chi connectivity index (χ0n) is 12.5. The van der Waals surface area contributed by atoms with Crippen LogP contribution in [0.4, 0.5) is 10.5 Å². The van der Waals surface area contributed by atoms with Crippen LogP contribution in [0.2, 0.25) is 5.02 Å². The lowest BCUT2D eigenvalue weighted by molar-refractivity contribution is 0.104. The lowest BCUT2D eigenvalue weighted by Gasteiger charge is -2.33. The fraction of sp³-hybridized carbons (Fsp3) is 0.375. The van der Waals surface area contributed by atoms with Gasteiger partial charge in [-0.2, -0.15) is 0 Å². The molecule has 23 heavy (non-hydrogen) atoms. The van der Waals surface area contributed by atoms with Crippen molar-refractivity contribution in [1.82, 2.24) is 14.9 Å². The van der Waals surface area contributed by atoms with Gasteiger partial charge in [0.25, 0.3) is 0 Å². The van der Waals surface area contributed by atoms with E-state index in [1.54, 1.807) is 11.1 Å². The van der Waals surface area contributed by atoms with E-state index in [2.05, 4.69) is 21.2 Å². The molecule has 1 unspecified atom stereocenters. The Morgan fingerprint density at radius 1 is 1.65 bits per heavy atom. The molecule has 2 aromatic rings. The smallest absolute Gasteiger partial charge is 0.410 e. The molecule has 2 N–H and O–H groups in total. The molecule has 120 valence electrons. The summed E-state index contributed by atoms with van der Waals surface area (Å²) >= 11 is 6.28. The van der Waals surface area contributed by atoms with E-state index in [-0.39, 0.29) is 18.7 Å². The van der Waals surface area contributed by atoms with Crippen molar-refractivity contribution in [1.29, 1.82) is 0 Å². The van der Waals surface area contributed by atoms with Crippen molar-refractivity contribution in [2.24, 2.45) is 0 Å². The quantitative estimate of drug-likeness (QED) is 0.848. The van der Waals surface area contributed by atoms with Gasteiger partial charge < -0.3 is 19.9 Å². The van der Waals surface area contributed by atoms with Gasteiger partial charge in [0.05, 0.1) is 16.9 Å². The standard InChI is InChI=1S/C16H17ClN4O2/c1-2-8-23-16(22)21-7-3-4-11(10-21)20-14-12-5-6-18-15(12)19-9-13(14)17/h1,5-6,9,11H,3-4,7-8,10H2,(H2,18,19,20). The van der Waals surface area contributed by atoms with Crippen molar-refractivity contribution in [3.05, 3.63) is 23.5 Å². The highest BCUT2D eigenvalue weighted by Gasteiger charge is 2.25. The maximum atomic E-state index is 11.9. The molecule has 0 saturated carbocycles. The highest BCUT2D eigenvalue weighted by Crippen LogP contribution is 2.30. The van der Waals surface area contributed by atoms with Crippen LogP contribution in [0.15, 0.2) is 18.5 Å². The van der Waals surface area contributed by atoms with Crippen molar-refractivity contribution in [3.8, 4) is 12.3 Å². The molecule has 3 rings (SSSR count). The molecule has 0 radical (unpaired) electrons. The molecule has 2 aromatic heterocycles. The molecule has 1 aliphatic heterocycles. The molecule has 0 bridgehead atoms. The third-order valence-electron chi connectivity index (χ3n) is 3.85. The molecular weight excluding hydrogens is 316 g/mol. The maximum absolute atomic E-state index is 11.9. The van der Waals surface area contributed by atoms with Crippen LogP contribution in [0.5, 0.6) is 0 Å². The zero-order chi connectivity index (χ0) is 16.2. The predicted octanol–water partition coefficient (Wildman–Crippen LogP) is 2.86. The molecule has 0 aliphatic carbocycles. The number of carbonyl (C=O) groups is 1. The van der Waals surface area contributed by atoms with E-state index in [0.29, 0.717) is 18.1 Å². The fourth-order valence-corrected chi connectivity index (χ4v) is 3.00. The third kappa shape index (κ3) is 3.35. The number of piperidine rings is 1. The first-order valence-electron chi connectivity index (χ1n) is 7.42. The number of amides is 1. The van der Waals surface area contributed by atoms with E-state index in [4.69, 9.17) is 22.8 Å². The summed E-state index contributed by atoms with van der Waals surface area (Å²) in [5, 5.41) is 4.93. The predicted molar refractivity (Wildman–Crippen MR) is 89.5 cm³/mol. The Hall–Kier alpha value is -2.39. The molecule has 1 amide bonds. The number of rotatable bonds is 3. The van der Waals surface area contributed by atoms with Crippen LogP contribution < -0.4 is 5.32 Å². The number of hydrogen-bond donors (Lipinski definition) is 2. The summed E-state index contributed by atoms with van der Waals surface area (Å²) in [5.41, 5.74) is 1.61. The normalized spacial score (nSPS) is 17.7. The minimum Gasteiger partial charge on any atom is -0.436 e. The number of carbonyl (C=O) groups excluding carboxylic acids is 1. The molecular formula is C16H17ClN4O2. The van der Waals surface area contributed by atoms with Gasteiger partial charge in [0, 0.05) is 30.7 Å². The second-order valence-corrected chi connectivity index (χ2v) is 5.82. The van der Waals surface area contributed by atoms with E-state index in [1.807, 2.05) is 12.3 Å². The number of H-pyrrole nitrogens is 1. The van der Waals surface area contributed by atoms with Gasteiger partial charge >= 0.3 is 6.09 Å². The van der Waals surface area contributed by atoms with Crippen molar-refractivity contribution in [2.75, 3.05) is 25.0 Å². The van der Waals surface area contributed by atoms with Crippen LogP contribution in [0, 0.1) is 12.3 Å². The van der Waals surface area contributed by atoms with Crippen molar-refractivity contribution in [3.63, 3.8) is 0 Å². The first-order chi connectivity index (χ1) is 11.2. The number of pyridine rings is 1. The first-order valence-corrected chi connectivity index (χ1v) is 7.80. The van der Waals surface area contributed by atoms with Crippen molar-refractivity contribution >= 4 is 34.4 Å². The number of aromatic amines is 1. The average molecular weight is 333 g/mol. The van der Waals surface area contributed by atoms with Crippen LogP contribution in [0.25, 0.3) is 11.0 Å². The summed E-state index contributed by atoms with van der Waals surface area (Å²) in [6, 6.07) is 2.03. The number of fused-ring (bicyclic) bond motifs is 1. The van der Waals surface area contributed by atoms with Gasteiger partial charge in [-0.3, -0.25) is 0 Å². The number of anilines is 1. The van der Waals surface area contributed by atoms with Gasteiger partial charge in [0.2, 0.25) is 0 Å². The molecule has 1 aliphatic rings. The van der Waals surface area contributed by atoms with Crippen LogP contribution in [0.1, 0.15) is 12.8 Å². The van der Waals surface area contributed by atoms with Crippen LogP contribution in [-0.2, 0) is 4.74 Å². The lowest BCUT2D eigenvalue weighted by atomic mass is 10.1. The Bertz CT molecular complexity index is 752. The second kappa shape index (κ2) is 6.80. The van der Waals surface area contributed by atoms with Crippen LogP contribution >= 0.6 is 11.6 Å². The van der Waals surface area contributed by atoms with Gasteiger partial charge in [0.15, 0.2) is 6.61 Å².